The fourth-order valence-corrected chi connectivity index (χ4v) is 3.33. The molecule has 1 fully saturated rings. The third kappa shape index (κ3) is 2.84. The van der Waals surface area contributed by atoms with Crippen LogP contribution in [0, 0.1) is 22.7 Å². The predicted molar refractivity (Wildman–Crippen MR) is 86.6 cm³/mol. The molecular formula is C18H28N2O. The largest absolute Gasteiger partial charge is 0.355 e. The summed E-state index contributed by atoms with van der Waals surface area (Å²) in [6.45, 7) is 11.7. The van der Waals surface area contributed by atoms with Crippen LogP contribution >= 0.6 is 0 Å². The van der Waals surface area contributed by atoms with Crippen molar-refractivity contribution in [2.45, 2.75) is 40.7 Å². The second-order valence-electron chi connectivity index (χ2n) is 7.47. The number of carbonyl (C=O) groups excluding carboxylic acids is 1. The van der Waals surface area contributed by atoms with Gasteiger partial charge >= 0.3 is 0 Å². The first kappa shape index (κ1) is 16.0. The van der Waals surface area contributed by atoms with E-state index >= 15 is 0 Å². The zero-order valence-corrected chi connectivity index (χ0v) is 13.8. The van der Waals surface area contributed by atoms with Gasteiger partial charge in [0, 0.05) is 12.6 Å². The molecule has 2 unspecified atom stereocenters. The fourth-order valence-electron chi connectivity index (χ4n) is 3.33. The van der Waals surface area contributed by atoms with E-state index in [1.54, 1.807) is 0 Å². The highest BCUT2D eigenvalue weighted by atomic mass is 16.1. The zero-order chi connectivity index (χ0) is 15.8. The van der Waals surface area contributed by atoms with Gasteiger partial charge in [0.05, 0.1) is 5.92 Å². The molecule has 3 N–H and O–H groups in total. The number of nitrogens with two attached hydrogens (primary N) is 1. The van der Waals surface area contributed by atoms with Crippen molar-refractivity contribution >= 4 is 5.91 Å². The molecule has 1 aromatic carbocycles. The Morgan fingerprint density at radius 1 is 1.19 bits per heavy atom. The lowest BCUT2D eigenvalue weighted by molar-refractivity contribution is -0.125. The van der Waals surface area contributed by atoms with Crippen LogP contribution in [0.5, 0.6) is 0 Å². The molecule has 1 aliphatic rings. The highest BCUT2D eigenvalue weighted by Gasteiger charge is 2.64. The van der Waals surface area contributed by atoms with Gasteiger partial charge < -0.3 is 11.1 Å². The van der Waals surface area contributed by atoms with E-state index in [0.29, 0.717) is 16.7 Å². The van der Waals surface area contributed by atoms with E-state index in [1.807, 2.05) is 37.3 Å². The standard InChI is InChI=1S/C18H28N2O/c1-12(15(19)13-9-7-6-8-10-13)16(21)20-11-14-17(2,3)18(14,4)5/h6-10,12,14-15H,11,19H2,1-5H3,(H,20,21). The molecule has 1 aliphatic carbocycles. The Labute approximate surface area is 128 Å². The lowest BCUT2D eigenvalue weighted by atomic mass is 9.94. The molecule has 21 heavy (non-hydrogen) atoms. The normalized spacial score (nSPS) is 22.4. The molecule has 116 valence electrons. The van der Waals surface area contributed by atoms with Crippen molar-refractivity contribution in [2.24, 2.45) is 28.4 Å². The summed E-state index contributed by atoms with van der Waals surface area (Å²) >= 11 is 0. The maximum absolute atomic E-state index is 12.3. The summed E-state index contributed by atoms with van der Waals surface area (Å²) in [5, 5.41) is 3.09. The molecule has 1 aromatic rings. The van der Waals surface area contributed by atoms with Crippen molar-refractivity contribution in [1.29, 1.82) is 0 Å². The quantitative estimate of drug-likeness (QED) is 0.874. The molecule has 2 rings (SSSR count). The first-order valence-corrected chi connectivity index (χ1v) is 7.78. The number of hydrogen-bond donors (Lipinski definition) is 2. The molecule has 1 saturated carbocycles. The predicted octanol–water partition coefficient (Wildman–Crippen LogP) is 3.12. The summed E-state index contributed by atoms with van der Waals surface area (Å²) in [6.07, 6.45) is 0. The number of amides is 1. The number of rotatable bonds is 5. The first-order valence-electron chi connectivity index (χ1n) is 7.78. The molecule has 0 heterocycles. The van der Waals surface area contributed by atoms with Gasteiger partial charge in [-0.15, -0.1) is 0 Å². The average molecular weight is 288 g/mol. The average Bonchev–Trinajstić information content (AvgIpc) is 2.85. The molecule has 3 nitrogen and oxygen atoms in total. The van der Waals surface area contributed by atoms with Crippen LogP contribution in [-0.4, -0.2) is 12.5 Å². The minimum Gasteiger partial charge on any atom is -0.355 e. The van der Waals surface area contributed by atoms with Crippen LogP contribution in [0.2, 0.25) is 0 Å². The monoisotopic (exact) mass is 288 g/mol. The third-order valence-corrected chi connectivity index (χ3v) is 5.94. The van der Waals surface area contributed by atoms with Crippen LogP contribution in [0.4, 0.5) is 0 Å². The third-order valence-electron chi connectivity index (χ3n) is 5.94. The molecular weight excluding hydrogens is 260 g/mol. The van der Waals surface area contributed by atoms with Crippen LogP contribution in [-0.2, 0) is 4.79 Å². The van der Waals surface area contributed by atoms with Crippen LogP contribution in [0.25, 0.3) is 0 Å². The van der Waals surface area contributed by atoms with Crippen molar-refractivity contribution in [1.82, 2.24) is 5.32 Å². The Bertz CT molecular complexity index is 493. The number of benzene rings is 1. The summed E-state index contributed by atoms with van der Waals surface area (Å²) < 4.78 is 0. The van der Waals surface area contributed by atoms with Crippen molar-refractivity contribution < 1.29 is 4.79 Å². The van der Waals surface area contributed by atoms with Crippen molar-refractivity contribution in [2.75, 3.05) is 6.54 Å². The summed E-state index contributed by atoms with van der Waals surface area (Å²) in [7, 11) is 0. The van der Waals surface area contributed by atoms with Crippen LogP contribution in [0.1, 0.15) is 46.2 Å². The maximum Gasteiger partial charge on any atom is 0.224 e. The van der Waals surface area contributed by atoms with Gasteiger partial charge in [-0.25, -0.2) is 0 Å². The van der Waals surface area contributed by atoms with Gasteiger partial charge in [-0.2, -0.15) is 0 Å². The van der Waals surface area contributed by atoms with Crippen LogP contribution in [0.3, 0.4) is 0 Å². The van der Waals surface area contributed by atoms with Crippen LogP contribution in [0.15, 0.2) is 30.3 Å². The zero-order valence-electron chi connectivity index (χ0n) is 13.8. The number of nitrogens with one attached hydrogen (secondary N) is 1. The molecule has 0 bridgehead atoms. The molecule has 2 atom stereocenters. The molecule has 0 saturated heterocycles. The van der Waals surface area contributed by atoms with Crippen molar-refractivity contribution in [3.63, 3.8) is 0 Å². The summed E-state index contributed by atoms with van der Waals surface area (Å²) in [5.41, 5.74) is 7.81. The first-order chi connectivity index (χ1) is 9.69. The van der Waals surface area contributed by atoms with Gasteiger partial charge in [0.2, 0.25) is 5.91 Å². The molecule has 0 radical (unpaired) electrons. The molecule has 0 spiro atoms. The highest BCUT2D eigenvalue weighted by Crippen LogP contribution is 2.67. The van der Waals surface area contributed by atoms with Crippen molar-refractivity contribution in [3.8, 4) is 0 Å². The van der Waals surface area contributed by atoms with Gasteiger partial charge in [-0.1, -0.05) is 65.0 Å². The van der Waals surface area contributed by atoms with E-state index in [-0.39, 0.29) is 17.9 Å². The molecule has 3 heteroatoms. The van der Waals surface area contributed by atoms with Gasteiger partial charge in [-0.05, 0) is 22.3 Å². The Hall–Kier alpha value is -1.35. The molecule has 1 amide bonds. The van der Waals surface area contributed by atoms with E-state index in [4.69, 9.17) is 5.73 Å². The smallest absolute Gasteiger partial charge is 0.224 e. The minimum absolute atomic E-state index is 0.0462. The highest BCUT2D eigenvalue weighted by molar-refractivity contribution is 5.79. The lowest BCUT2D eigenvalue weighted by Gasteiger charge is -2.20. The van der Waals surface area contributed by atoms with Gasteiger partial charge in [0.15, 0.2) is 0 Å². The van der Waals surface area contributed by atoms with E-state index in [2.05, 4.69) is 33.0 Å². The Kier molecular flexibility index (Phi) is 4.16. The summed E-state index contributed by atoms with van der Waals surface area (Å²) in [4.78, 5) is 12.3. The van der Waals surface area contributed by atoms with E-state index in [0.717, 1.165) is 12.1 Å². The summed E-state index contributed by atoms with van der Waals surface area (Å²) in [5.74, 6) is 0.358. The molecule has 0 aliphatic heterocycles. The van der Waals surface area contributed by atoms with E-state index in [1.165, 1.54) is 0 Å². The Balaban J connectivity index is 1.90. The fraction of sp³-hybridized carbons (Fsp3) is 0.611. The van der Waals surface area contributed by atoms with Gasteiger partial charge in [-0.3, -0.25) is 4.79 Å². The maximum atomic E-state index is 12.3. The topological polar surface area (TPSA) is 55.1 Å². The van der Waals surface area contributed by atoms with Crippen LogP contribution < -0.4 is 11.1 Å². The van der Waals surface area contributed by atoms with Crippen molar-refractivity contribution in [3.05, 3.63) is 35.9 Å². The minimum atomic E-state index is -0.258. The van der Waals surface area contributed by atoms with E-state index < -0.39 is 0 Å². The van der Waals surface area contributed by atoms with E-state index in [9.17, 15) is 4.79 Å². The number of hydrogen-bond acceptors (Lipinski definition) is 2. The Morgan fingerprint density at radius 2 is 1.71 bits per heavy atom. The van der Waals surface area contributed by atoms with Gasteiger partial charge in [0.25, 0.3) is 0 Å². The van der Waals surface area contributed by atoms with Gasteiger partial charge in [0.1, 0.15) is 0 Å². The second kappa shape index (κ2) is 5.45. The molecule has 0 aromatic heterocycles. The number of carbonyl (C=O) groups is 1. The lowest BCUT2D eigenvalue weighted by Crippen LogP contribution is -2.37. The SMILES string of the molecule is CC(C(=O)NCC1C(C)(C)C1(C)C)C(N)c1ccccc1. The summed E-state index contributed by atoms with van der Waals surface area (Å²) in [6, 6.07) is 9.55. The Morgan fingerprint density at radius 3 is 2.19 bits per heavy atom. The second-order valence-corrected chi connectivity index (χ2v) is 7.47.